The van der Waals surface area contributed by atoms with Crippen molar-refractivity contribution in [3.63, 3.8) is 0 Å². The molecule has 0 bridgehead atoms. The monoisotopic (exact) mass is 408 g/mol. The van der Waals surface area contributed by atoms with Gasteiger partial charge in [0.25, 0.3) is 0 Å². The smallest absolute Gasteiger partial charge is 0.191 e. The van der Waals surface area contributed by atoms with Crippen LogP contribution in [0.1, 0.15) is 45.2 Å². The second-order valence-corrected chi connectivity index (χ2v) is 10.4. The van der Waals surface area contributed by atoms with Crippen LogP contribution in [0.3, 0.4) is 0 Å². The number of hydrogen-bond acceptors (Lipinski definition) is 4. The maximum absolute atomic E-state index is 12.2. The number of benzene rings is 1. The van der Waals surface area contributed by atoms with E-state index in [2.05, 4.69) is 32.7 Å². The van der Waals surface area contributed by atoms with Crippen LogP contribution in [-0.2, 0) is 10.8 Å². The quantitative estimate of drug-likeness (QED) is 0.511. The SMILES string of the molecule is CN=C(NCCS(=O)C(C)(C)C)NCC(c1cccc(OC)c1)N1CCCC1. The molecular formula is C21H36N4O2S. The van der Waals surface area contributed by atoms with Gasteiger partial charge in [0.05, 0.1) is 13.2 Å². The van der Waals surface area contributed by atoms with Gasteiger partial charge in [-0.05, 0) is 64.4 Å². The second-order valence-electron chi connectivity index (χ2n) is 8.08. The van der Waals surface area contributed by atoms with Crippen LogP contribution in [0.4, 0.5) is 0 Å². The van der Waals surface area contributed by atoms with Gasteiger partial charge in [0, 0.05) is 41.4 Å². The molecule has 2 N–H and O–H groups in total. The third kappa shape index (κ3) is 6.78. The molecule has 1 fully saturated rings. The molecule has 0 spiro atoms. The Bertz CT molecular complexity index is 667. The Morgan fingerprint density at radius 3 is 2.61 bits per heavy atom. The van der Waals surface area contributed by atoms with Gasteiger partial charge >= 0.3 is 0 Å². The van der Waals surface area contributed by atoms with Gasteiger partial charge in [0.1, 0.15) is 5.75 Å². The third-order valence-corrected chi connectivity index (χ3v) is 6.95. The Hall–Kier alpha value is -1.60. The molecule has 1 heterocycles. The zero-order chi connectivity index (χ0) is 20.6. The van der Waals surface area contributed by atoms with Crippen LogP contribution in [-0.4, -0.2) is 65.9 Å². The van der Waals surface area contributed by atoms with Gasteiger partial charge in [0.15, 0.2) is 5.96 Å². The number of likely N-dealkylation sites (tertiary alicyclic amines) is 1. The third-order valence-electron chi connectivity index (χ3n) is 5.01. The average molecular weight is 409 g/mol. The van der Waals surface area contributed by atoms with Crippen LogP contribution in [0.5, 0.6) is 5.75 Å². The highest BCUT2D eigenvalue weighted by Gasteiger charge is 2.24. The average Bonchev–Trinajstić information content (AvgIpc) is 3.20. The molecule has 0 aliphatic carbocycles. The minimum Gasteiger partial charge on any atom is -0.497 e. The van der Waals surface area contributed by atoms with E-state index in [9.17, 15) is 4.21 Å². The van der Waals surface area contributed by atoms with Gasteiger partial charge in [0.2, 0.25) is 0 Å². The van der Waals surface area contributed by atoms with Crippen molar-refractivity contribution in [3.8, 4) is 5.75 Å². The zero-order valence-electron chi connectivity index (χ0n) is 18.0. The molecule has 2 atom stereocenters. The minimum atomic E-state index is -0.871. The predicted molar refractivity (Wildman–Crippen MR) is 119 cm³/mol. The summed E-state index contributed by atoms with van der Waals surface area (Å²) in [5.74, 6) is 2.24. The molecule has 0 amide bonds. The molecule has 1 saturated heterocycles. The van der Waals surface area contributed by atoms with Crippen molar-refractivity contribution in [2.45, 2.75) is 44.4 Å². The Balaban J connectivity index is 1.96. The molecule has 158 valence electrons. The normalized spacial score (nSPS) is 18.0. The van der Waals surface area contributed by atoms with Gasteiger partial charge in [-0.15, -0.1) is 0 Å². The van der Waals surface area contributed by atoms with E-state index in [1.165, 1.54) is 18.4 Å². The van der Waals surface area contributed by atoms with Crippen molar-refractivity contribution in [2.75, 3.05) is 46.1 Å². The summed E-state index contributed by atoms with van der Waals surface area (Å²) in [5, 5.41) is 6.75. The number of nitrogens with zero attached hydrogens (tertiary/aromatic N) is 2. The lowest BCUT2D eigenvalue weighted by Crippen LogP contribution is -2.44. The van der Waals surface area contributed by atoms with E-state index >= 15 is 0 Å². The molecule has 28 heavy (non-hydrogen) atoms. The molecule has 7 heteroatoms. The number of ether oxygens (including phenoxy) is 1. The van der Waals surface area contributed by atoms with Crippen molar-refractivity contribution in [1.29, 1.82) is 0 Å². The number of nitrogens with one attached hydrogen (secondary N) is 2. The van der Waals surface area contributed by atoms with Crippen LogP contribution >= 0.6 is 0 Å². The molecule has 6 nitrogen and oxygen atoms in total. The Labute approximate surface area is 172 Å². The molecule has 0 radical (unpaired) electrons. The van der Waals surface area contributed by atoms with Crippen LogP contribution in [0.15, 0.2) is 29.3 Å². The lowest BCUT2D eigenvalue weighted by atomic mass is 10.1. The number of rotatable bonds is 8. The van der Waals surface area contributed by atoms with Crippen molar-refractivity contribution in [2.24, 2.45) is 4.99 Å². The fraction of sp³-hybridized carbons (Fsp3) is 0.667. The molecule has 1 aliphatic heterocycles. The first-order chi connectivity index (χ1) is 13.3. The molecule has 0 aromatic heterocycles. The van der Waals surface area contributed by atoms with Gasteiger partial charge in [-0.2, -0.15) is 0 Å². The lowest BCUT2D eigenvalue weighted by Gasteiger charge is -2.29. The van der Waals surface area contributed by atoms with Crippen molar-refractivity contribution < 1.29 is 8.95 Å². The summed E-state index contributed by atoms with van der Waals surface area (Å²) < 4.78 is 17.4. The van der Waals surface area contributed by atoms with Crippen molar-refractivity contribution >= 4 is 16.8 Å². The molecule has 2 unspecified atom stereocenters. The minimum absolute atomic E-state index is 0.189. The lowest BCUT2D eigenvalue weighted by molar-refractivity contribution is 0.245. The highest BCUT2D eigenvalue weighted by molar-refractivity contribution is 7.86. The molecule has 1 aromatic carbocycles. The Morgan fingerprint density at radius 2 is 2.00 bits per heavy atom. The summed E-state index contributed by atoms with van der Waals surface area (Å²) in [7, 11) is 2.60. The van der Waals surface area contributed by atoms with Crippen molar-refractivity contribution in [1.82, 2.24) is 15.5 Å². The van der Waals surface area contributed by atoms with Crippen LogP contribution < -0.4 is 15.4 Å². The van der Waals surface area contributed by atoms with Crippen LogP contribution in [0.25, 0.3) is 0 Å². The maximum Gasteiger partial charge on any atom is 0.191 e. The maximum atomic E-state index is 12.2. The molecule has 1 aromatic rings. The van der Waals surface area contributed by atoms with E-state index < -0.39 is 10.8 Å². The summed E-state index contributed by atoms with van der Waals surface area (Å²) in [6.45, 7) is 9.63. The highest BCUT2D eigenvalue weighted by Crippen LogP contribution is 2.27. The summed E-state index contributed by atoms with van der Waals surface area (Å²) in [6.07, 6.45) is 2.48. The summed E-state index contributed by atoms with van der Waals surface area (Å²) in [4.78, 5) is 6.84. The fourth-order valence-corrected chi connectivity index (χ4v) is 4.24. The number of aliphatic imine (C=N–C) groups is 1. The second kappa shape index (κ2) is 10.8. The number of methoxy groups -OCH3 is 1. The zero-order valence-corrected chi connectivity index (χ0v) is 18.8. The van der Waals surface area contributed by atoms with Gasteiger partial charge in [-0.25, -0.2) is 0 Å². The fourth-order valence-electron chi connectivity index (χ4n) is 3.34. The largest absolute Gasteiger partial charge is 0.497 e. The van der Waals surface area contributed by atoms with Crippen molar-refractivity contribution in [3.05, 3.63) is 29.8 Å². The summed E-state index contributed by atoms with van der Waals surface area (Å²) in [6, 6.07) is 8.57. The van der Waals surface area contributed by atoms with E-state index in [-0.39, 0.29) is 10.8 Å². The van der Waals surface area contributed by atoms with Gasteiger partial charge < -0.3 is 15.4 Å². The molecule has 0 saturated carbocycles. The van der Waals surface area contributed by atoms with E-state index in [0.29, 0.717) is 12.3 Å². The first-order valence-corrected chi connectivity index (χ1v) is 11.4. The van der Waals surface area contributed by atoms with Gasteiger partial charge in [-0.3, -0.25) is 14.1 Å². The number of guanidine groups is 1. The molecule has 1 aliphatic rings. The summed E-state index contributed by atoms with van der Waals surface area (Å²) in [5.41, 5.74) is 1.25. The Morgan fingerprint density at radius 1 is 1.29 bits per heavy atom. The Kier molecular flexibility index (Phi) is 8.76. The summed E-state index contributed by atoms with van der Waals surface area (Å²) >= 11 is 0. The van der Waals surface area contributed by atoms with Crippen LogP contribution in [0, 0.1) is 0 Å². The van der Waals surface area contributed by atoms with E-state index in [0.717, 1.165) is 31.3 Å². The number of hydrogen-bond donors (Lipinski definition) is 2. The molecular weight excluding hydrogens is 372 g/mol. The van der Waals surface area contributed by atoms with Gasteiger partial charge in [-0.1, -0.05) is 12.1 Å². The van der Waals surface area contributed by atoms with Crippen LogP contribution in [0.2, 0.25) is 0 Å². The van der Waals surface area contributed by atoms with E-state index in [1.54, 1.807) is 14.2 Å². The molecule has 2 rings (SSSR count). The first-order valence-electron chi connectivity index (χ1n) is 10.1. The van der Waals surface area contributed by atoms with E-state index in [4.69, 9.17) is 4.74 Å². The standard InChI is InChI=1S/C21H36N4O2S/c1-21(2,3)28(26)14-11-23-20(22-4)24-16-19(25-12-6-7-13-25)17-9-8-10-18(15-17)27-5/h8-10,15,19H,6-7,11-14,16H2,1-5H3,(H2,22,23,24). The highest BCUT2D eigenvalue weighted by atomic mass is 32.2. The topological polar surface area (TPSA) is 66.0 Å². The first kappa shape index (κ1) is 22.7. The van der Waals surface area contributed by atoms with E-state index in [1.807, 2.05) is 32.9 Å². The predicted octanol–water partition coefficient (Wildman–Crippen LogP) is 2.54.